The average molecular weight is 415 g/mol. The number of fused-ring (bicyclic) bond motifs is 1. The van der Waals surface area contributed by atoms with Crippen molar-refractivity contribution in [3.05, 3.63) is 69.1 Å². The van der Waals surface area contributed by atoms with Crippen LogP contribution in [-0.4, -0.2) is 30.1 Å². The van der Waals surface area contributed by atoms with E-state index in [1.807, 2.05) is 0 Å². The minimum absolute atomic E-state index is 0.0340. The van der Waals surface area contributed by atoms with E-state index in [4.69, 9.17) is 21.1 Å². The number of aromatic nitrogens is 1. The standard InChI is InChI=1S/C21H19ClN2O5/c1-11-8-16(18(28-3)10-15(11)22)23-19(25)12(2)29-21(27)17-9-13-6-4-5-7-14(13)20(26)24-17/h4-10,12H,1-3H3,(H,23,25)(H,24,26)/t12-/m0/s1. The van der Waals surface area contributed by atoms with E-state index in [2.05, 4.69) is 10.3 Å². The summed E-state index contributed by atoms with van der Waals surface area (Å²) in [5.41, 5.74) is 0.712. The van der Waals surface area contributed by atoms with Crippen molar-refractivity contribution >= 4 is 39.9 Å². The molecule has 2 aromatic carbocycles. The number of methoxy groups -OCH3 is 1. The lowest BCUT2D eigenvalue weighted by Gasteiger charge is -2.16. The molecule has 1 amide bonds. The van der Waals surface area contributed by atoms with Gasteiger partial charge in [0.2, 0.25) is 0 Å². The van der Waals surface area contributed by atoms with Crippen LogP contribution in [-0.2, 0) is 9.53 Å². The highest BCUT2D eigenvalue weighted by atomic mass is 35.5. The number of nitrogens with one attached hydrogen (secondary N) is 2. The van der Waals surface area contributed by atoms with Gasteiger partial charge in [0.25, 0.3) is 11.5 Å². The SMILES string of the molecule is COc1cc(Cl)c(C)cc1NC(=O)[C@H](C)OC(=O)c1cc2ccccc2c(=O)[nH]1. The molecule has 0 aliphatic rings. The molecule has 8 heteroatoms. The van der Waals surface area contributed by atoms with E-state index in [0.29, 0.717) is 27.2 Å². The van der Waals surface area contributed by atoms with Crippen molar-refractivity contribution in [2.45, 2.75) is 20.0 Å². The summed E-state index contributed by atoms with van der Waals surface area (Å²) in [6.07, 6.45) is -1.11. The molecular weight excluding hydrogens is 396 g/mol. The van der Waals surface area contributed by atoms with Crippen LogP contribution in [0.5, 0.6) is 5.75 Å². The van der Waals surface area contributed by atoms with Gasteiger partial charge in [-0.2, -0.15) is 0 Å². The van der Waals surface area contributed by atoms with E-state index >= 15 is 0 Å². The molecule has 0 saturated heterocycles. The second-order valence-corrected chi connectivity index (χ2v) is 6.85. The highest BCUT2D eigenvalue weighted by molar-refractivity contribution is 6.31. The number of ether oxygens (including phenoxy) is 2. The minimum atomic E-state index is -1.11. The zero-order valence-corrected chi connectivity index (χ0v) is 16.8. The monoisotopic (exact) mass is 414 g/mol. The fourth-order valence-electron chi connectivity index (χ4n) is 2.76. The van der Waals surface area contributed by atoms with E-state index in [1.54, 1.807) is 43.3 Å². The Morgan fingerprint density at radius 2 is 1.90 bits per heavy atom. The molecule has 3 aromatic rings. The molecule has 0 saturated carbocycles. The topological polar surface area (TPSA) is 97.5 Å². The number of carbonyl (C=O) groups is 2. The molecule has 2 N–H and O–H groups in total. The number of hydrogen-bond acceptors (Lipinski definition) is 5. The van der Waals surface area contributed by atoms with E-state index in [9.17, 15) is 14.4 Å². The number of H-pyrrole nitrogens is 1. The number of aromatic amines is 1. The summed E-state index contributed by atoms with van der Waals surface area (Å²) in [6.45, 7) is 3.22. The van der Waals surface area contributed by atoms with Crippen molar-refractivity contribution in [1.82, 2.24) is 4.98 Å². The largest absolute Gasteiger partial charge is 0.495 e. The van der Waals surface area contributed by atoms with Crippen molar-refractivity contribution in [2.24, 2.45) is 0 Å². The first-order valence-corrected chi connectivity index (χ1v) is 9.16. The normalized spacial score (nSPS) is 11.7. The lowest BCUT2D eigenvalue weighted by Crippen LogP contribution is -2.31. The van der Waals surface area contributed by atoms with Crippen LogP contribution in [0, 0.1) is 6.92 Å². The van der Waals surface area contributed by atoms with Crippen LogP contribution in [0.25, 0.3) is 10.8 Å². The van der Waals surface area contributed by atoms with Gasteiger partial charge in [-0.1, -0.05) is 29.8 Å². The van der Waals surface area contributed by atoms with Crippen LogP contribution in [0.2, 0.25) is 5.02 Å². The number of amides is 1. The predicted octanol–water partition coefficient (Wildman–Crippen LogP) is 3.68. The highest BCUT2D eigenvalue weighted by Gasteiger charge is 2.21. The fourth-order valence-corrected chi connectivity index (χ4v) is 2.92. The number of benzene rings is 2. The molecule has 7 nitrogen and oxygen atoms in total. The van der Waals surface area contributed by atoms with Crippen LogP contribution in [0.15, 0.2) is 47.3 Å². The Labute approximate surface area is 171 Å². The molecule has 0 unspecified atom stereocenters. The average Bonchev–Trinajstić information content (AvgIpc) is 2.70. The summed E-state index contributed by atoms with van der Waals surface area (Å²) in [5, 5.41) is 4.21. The maximum Gasteiger partial charge on any atom is 0.355 e. The van der Waals surface area contributed by atoms with Crippen LogP contribution >= 0.6 is 11.6 Å². The molecule has 1 atom stereocenters. The Morgan fingerprint density at radius 1 is 1.17 bits per heavy atom. The molecule has 1 aromatic heterocycles. The summed E-state index contributed by atoms with van der Waals surface area (Å²) >= 11 is 6.06. The number of carbonyl (C=O) groups excluding carboxylic acids is 2. The molecule has 0 aliphatic heterocycles. The van der Waals surface area contributed by atoms with Gasteiger partial charge in [-0.3, -0.25) is 9.59 Å². The van der Waals surface area contributed by atoms with Gasteiger partial charge in [-0.15, -0.1) is 0 Å². The Hall–Kier alpha value is -3.32. The van der Waals surface area contributed by atoms with E-state index in [1.165, 1.54) is 20.1 Å². The van der Waals surface area contributed by atoms with Crippen molar-refractivity contribution in [3.8, 4) is 5.75 Å². The van der Waals surface area contributed by atoms with Crippen molar-refractivity contribution in [2.75, 3.05) is 12.4 Å². The van der Waals surface area contributed by atoms with Crippen molar-refractivity contribution in [1.29, 1.82) is 0 Å². The number of halogens is 1. The Balaban J connectivity index is 1.75. The lowest BCUT2D eigenvalue weighted by atomic mass is 10.1. The summed E-state index contributed by atoms with van der Waals surface area (Å²) in [7, 11) is 1.45. The molecule has 0 fully saturated rings. The minimum Gasteiger partial charge on any atom is -0.495 e. The van der Waals surface area contributed by atoms with Gasteiger partial charge in [0, 0.05) is 16.5 Å². The molecular formula is C21H19ClN2O5. The third-order valence-electron chi connectivity index (χ3n) is 4.37. The Morgan fingerprint density at radius 3 is 2.62 bits per heavy atom. The van der Waals surface area contributed by atoms with E-state index in [0.717, 1.165) is 5.56 Å². The molecule has 0 bridgehead atoms. The lowest BCUT2D eigenvalue weighted by molar-refractivity contribution is -0.123. The summed E-state index contributed by atoms with van der Waals surface area (Å²) < 4.78 is 10.4. The van der Waals surface area contributed by atoms with Gasteiger partial charge in [-0.25, -0.2) is 4.79 Å². The zero-order chi connectivity index (χ0) is 21.1. The third-order valence-corrected chi connectivity index (χ3v) is 4.77. The van der Waals surface area contributed by atoms with Gasteiger partial charge < -0.3 is 19.8 Å². The Kier molecular flexibility index (Phi) is 5.89. The highest BCUT2D eigenvalue weighted by Crippen LogP contribution is 2.31. The quantitative estimate of drug-likeness (QED) is 0.620. The first kappa shape index (κ1) is 20.4. The number of anilines is 1. The van der Waals surface area contributed by atoms with E-state index < -0.39 is 23.5 Å². The van der Waals surface area contributed by atoms with Gasteiger partial charge in [0.15, 0.2) is 6.10 Å². The Bertz CT molecular complexity index is 1160. The number of esters is 1. The molecule has 0 aliphatic carbocycles. The van der Waals surface area contributed by atoms with Crippen LogP contribution in [0.4, 0.5) is 5.69 Å². The van der Waals surface area contributed by atoms with Gasteiger partial charge in [-0.05, 0) is 43.0 Å². The van der Waals surface area contributed by atoms with Crippen molar-refractivity contribution in [3.63, 3.8) is 0 Å². The third kappa shape index (κ3) is 4.41. The number of hydrogen-bond donors (Lipinski definition) is 2. The maximum atomic E-state index is 12.5. The molecule has 1 heterocycles. The van der Waals surface area contributed by atoms with Gasteiger partial charge >= 0.3 is 5.97 Å². The van der Waals surface area contributed by atoms with Crippen LogP contribution < -0.4 is 15.6 Å². The summed E-state index contributed by atoms with van der Waals surface area (Å²) in [4.78, 5) is 39.5. The van der Waals surface area contributed by atoms with Gasteiger partial charge in [0.05, 0.1) is 12.8 Å². The smallest absolute Gasteiger partial charge is 0.355 e. The fraction of sp³-hybridized carbons (Fsp3) is 0.190. The summed E-state index contributed by atoms with van der Waals surface area (Å²) in [6, 6.07) is 11.6. The number of aryl methyl sites for hydroxylation is 1. The molecule has 0 spiro atoms. The van der Waals surface area contributed by atoms with Gasteiger partial charge in [0.1, 0.15) is 11.4 Å². The second-order valence-electron chi connectivity index (χ2n) is 6.44. The molecule has 150 valence electrons. The van der Waals surface area contributed by atoms with Crippen LogP contribution in [0.1, 0.15) is 23.0 Å². The molecule has 0 radical (unpaired) electrons. The molecule has 29 heavy (non-hydrogen) atoms. The first-order chi connectivity index (χ1) is 13.8. The number of pyridine rings is 1. The van der Waals surface area contributed by atoms with Crippen molar-refractivity contribution < 1.29 is 19.1 Å². The second kappa shape index (κ2) is 8.36. The maximum absolute atomic E-state index is 12.5. The predicted molar refractivity (Wildman–Crippen MR) is 111 cm³/mol. The molecule has 3 rings (SSSR count). The van der Waals surface area contributed by atoms with Crippen LogP contribution in [0.3, 0.4) is 0 Å². The number of rotatable bonds is 5. The van der Waals surface area contributed by atoms with E-state index in [-0.39, 0.29) is 5.69 Å². The summed E-state index contributed by atoms with van der Waals surface area (Å²) in [5.74, 6) is -0.984. The zero-order valence-electron chi connectivity index (χ0n) is 16.0. The first-order valence-electron chi connectivity index (χ1n) is 8.78.